The fourth-order valence-corrected chi connectivity index (χ4v) is 3.44. The van der Waals surface area contributed by atoms with E-state index in [9.17, 15) is 4.79 Å². The molecule has 0 unspecified atom stereocenters. The van der Waals surface area contributed by atoms with Crippen LogP contribution < -0.4 is 5.32 Å². The Labute approximate surface area is 133 Å². The Morgan fingerprint density at radius 1 is 1.41 bits per heavy atom. The average molecular weight is 307 g/mol. The topological polar surface area (TPSA) is 64.3 Å². The van der Waals surface area contributed by atoms with E-state index in [0.29, 0.717) is 6.54 Å². The number of amides is 2. The summed E-state index contributed by atoms with van der Waals surface area (Å²) in [6, 6.07) is 0.144. The summed E-state index contributed by atoms with van der Waals surface area (Å²) in [5.74, 6) is 0.793. The van der Waals surface area contributed by atoms with Crippen LogP contribution in [-0.2, 0) is 6.54 Å². The van der Waals surface area contributed by atoms with Gasteiger partial charge in [0.05, 0.1) is 6.54 Å². The SMILES string of the molecule is CN(Cc1ncc[nH]1)C(=O)NC1CC(C)(C)N(C)C(C)(C)C1. The van der Waals surface area contributed by atoms with Gasteiger partial charge in [0.15, 0.2) is 0 Å². The molecule has 1 saturated heterocycles. The van der Waals surface area contributed by atoms with Gasteiger partial charge in [0.25, 0.3) is 0 Å². The molecule has 2 heterocycles. The number of H-pyrrole nitrogens is 1. The van der Waals surface area contributed by atoms with E-state index in [1.54, 1.807) is 24.3 Å². The first kappa shape index (κ1) is 16.8. The third-order valence-electron chi connectivity index (χ3n) is 4.92. The Bertz CT molecular complexity index is 491. The molecule has 1 fully saturated rings. The lowest BCUT2D eigenvalue weighted by molar-refractivity contribution is -0.0165. The van der Waals surface area contributed by atoms with Crippen molar-refractivity contribution in [2.24, 2.45) is 0 Å². The lowest BCUT2D eigenvalue weighted by Gasteiger charge is -2.53. The van der Waals surface area contributed by atoms with Crippen LogP contribution in [0.2, 0.25) is 0 Å². The maximum Gasteiger partial charge on any atom is 0.317 e. The van der Waals surface area contributed by atoms with Gasteiger partial charge in [0.2, 0.25) is 0 Å². The van der Waals surface area contributed by atoms with Crippen molar-refractivity contribution in [2.45, 2.75) is 64.2 Å². The molecular formula is C16H29N5O. The van der Waals surface area contributed by atoms with Crippen LogP contribution >= 0.6 is 0 Å². The fourth-order valence-electron chi connectivity index (χ4n) is 3.44. The minimum Gasteiger partial charge on any atom is -0.347 e. The minimum absolute atomic E-state index is 0.0439. The Morgan fingerprint density at radius 3 is 2.50 bits per heavy atom. The maximum absolute atomic E-state index is 12.4. The molecule has 1 aromatic heterocycles. The van der Waals surface area contributed by atoms with E-state index in [0.717, 1.165) is 18.7 Å². The molecule has 124 valence electrons. The standard InChI is InChI=1S/C16H29N5O/c1-15(2)9-12(10-16(3,4)21(15)6)19-14(22)20(5)11-13-17-7-8-18-13/h7-8,12H,9-11H2,1-6H3,(H,17,18)(H,19,22). The van der Waals surface area contributed by atoms with Crippen molar-refractivity contribution in [2.75, 3.05) is 14.1 Å². The van der Waals surface area contributed by atoms with E-state index < -0.39 is 0 Å². The van der Waals surface area contributed by atoms with Crippen molar-refractivity contribution in [1.82, 2.24) is 25.1 Å². The predicted molar refractivity (Wildman–Crippen MR) is 87.5 cm³/mol. The van der Waals surface area contributed by atoms with E-state index >= 15 is 0 Å². The van der Waals surface area contributed by atoms with E-state index in [1.165, 1.54) is 0 Å². The van der Waals surface area contributed by atoms with E-state index in [4.69, 9.17) is 0 Å². The van der Waals surface area contributed by atoms with Gasteiger partial charge in [-0.25, -0.2) is 9.78 Å². The highest BCUT2D eigenvalue weighted by Crippen LogP contribution is 2.36. The lowest BCUT2D eigenvalue weighted by atomic mass is 9.77. The number of nitrogens with one attached hydrogen (secondary N) is 2. The van der Waals surface area contributed by atoms with Gasteiger partial charge in [-0.3, -0.25) is 4.90 Å². The summed E-state index contributed by atoms with van der Waals surface area (Å²) >= 11 is 0. The smallest absolute Gasteiger partial charge is 0.317 e. The number of hydrogen-bond donors (Lipinski definition) is 2. The third kappa shape index (κ3) is 3.61. The molecule has 0 bridgehead atoms. The molecule has 0 aliphatic carbocycles. The number of hydrogen-bond acceptors (Lipinski definition) is 3. The van der Waals surface area contributed by atoms with Gasteiger partial charge >= 0.3 is 6.03 Å². The zero-order chi connectivity index (χ0) is 16.5. The van der Waals surface area contributed by atoms with Gasteiger partial charge in [-0.15, -0.1) is 0 Å². The summed E-state index contributed by atoms with van der Waals surface area (Å²) in [5.41, 5.74) is 0.137. The number of likely N-dealkylation sites (tertiary alicyclic amines) is 1. The first-order chi connectivity index (χ1) is 10.1. The molecule has 6 nitrogen and oxygen atoms in total. The molecule has 2 amide bonds. The molecule has 1 aliphatic heterocycles. The number of carbonyl (C=O) groups excluding carboxylic acids is 1. The highest BCUT2D eigenvalue weighted by Gasteiger charge is 2.43. The summed E-state index contributed by atoms with van der Waals surface area (Å²) in [4.78, 5) is 23.7. The molecule has 0 radical (unpaired) electrons. The number of imidazole rings is 1. The van der Waals surface area contributed by atoms with Gasteiger partial charge < -0.3 is 15.2 Å². The van der Waals surface area contributed by atoms with Crippen LogP contribution in [0.4, 0.5) is 4.79 Å². The van der Waals surface area contributed by atoms with Crippen LogP contribution in [0, 0.1) is 0 Å². The number of carbonyl (C=O) groups is 1. The third-order valence-corrected chi connectivity index (χ3v) is 4.92. The van der Waals surface area contributed by atoms with E-state index in [2.05, 4.69) is 54.9 Å². The van der Waals surface area contributed by atoms with E-state index in [-0.39, 0.29) is 23.2 Å². The largest absolute Gasteiger partial charge is 0.347 e. The Morgan fingerprint density at radius 2 is 2.00 bits per heavy atom. The van der Waals surface area contributed by atoms with Crippen LogP contribution in [0.15, 0.2) is 12.4 Å². The van der Waals surface area contributed by atoms with Gasteiger partial charge in [-0.05, 0) is 47.6 Å². The Balaban J connectivity index is 1.96. The molecule has 22 heavy (non-hydrogen) atoms. The molecule has 1 aliphatic rings. The predicted octanol–water partition coefficient (Wildman–Crippen LogP) is 2.20. The minimum atomic E-state index is -0.0439. The molecule has 0 saturated carbocycles. The molecule has 0 atom stereocenters. The van der Waals surface area contributed by atoms with Gasteiger partial charge in [-0.1, -0.05) is 0 Å². The molecule has 6 heteroatoms. The highest BCUT2D eigenvalue weighted by atomic mass is 16.2. The van der Waals surface area contributed by atoms with Crippen molar-refractivity contribution >= 4 is 6.03 Å². The molecule has 0 aromatic carbocycles. The van der Waals surface area contributed by atoms with Crippen molar-refractivity contribution in [3.8, 4) is 0 Å². The normalized spacial score (nSPS) is 21.5. The average Bonchev–Trinajstić information content (AvgIpc) is 2.88. The van der Waals surface area contributed by atoms with Gasteiger partial charge in [0, 0.05) is 36.6 Å². The number of rotatable bonds is 3. The number of piperidine rings is 1. The zero-order valence-corrected chi connectivity index (χ0v) is 14.6. The van der Waals surface area contributed by atoms with Gasteiger partial charge in [-0.2, -0.15) is 0 Å². The van der Waals surface area contributed by atoms with E-state index in [1.807, 2.05) is 0 Å². The van der Waals surface area contributed by atoms with Crippen molar-refractivity contribution in [3.05, 3.63) is 18.2 Å². The van der Waals surface area contributed by atoms with Crippen molar-refractivity contribution in [3.63, 3.8) is 0 Å². The molecule has 0 spiro atoms. The monoisotopic (exact) mass is 307 g/mol. The second kappa shape index (κ2) is 5.91. The van der Waals surface area contributed by atoms with Crippen LogP contribution in [0.5, 0.6) is 0 Å². The number of nitrogens with zero attached hydrogens (tertiary/aromatic N) is 3. The summed E-state index contributed by atoms with van der Waals surface area (Å²) in [5, 5.41) is 3.18. The van der Waals surface area contributed by atoms with Crippen LogP contribution in [0.25, 0.3) is 0 Å². The van der Waals surface area contributed by atoms with Gasteiger partial charge in [0.1, 0.15) is 5.82 Å². The van der Waals surface area contributed by atoms with Crippen molar-refractivity contribution < 1.29 is 4.79 Å². The van der Waals surface area contributed by atoms with Crippen LogP contribution in [-0.4, -0.2) is 57.0 Å². The quantitative estimate of drug-likeness (QED) is 0.900. The van der Waals surface area contributed by atoms with Crippen LogP contribution in [0.3, 0.4) is 0 Å². The Kier molecular flexibility index (Phi) is 4.52. The zero-order valence-electron chi connectivity index (χ0n) is 14.6. The van der Waals surface area contributed by atoms with Crippen molar-refractivity contribution in [1.29, 1.82) is 0 Å². The molecule has 2 rings (SSSR count). The number of aromatic amines is 1. The highest BCUT2D eigenvalue weighted by molar-refractivity contribution is 5.74. The molecule has 2 N–H and O–H groups in total. The maximum atomic E-state index is 12.4. The first-order valence-corrected chi connectivity index (χ1v) is 7.86. The summed E-state index contributed by atoms with van der Waals surface area (Å²) < 4.78 is 0. The summed E-state index contributed by atoms with van der Waals surface area (Å²) in [6.07, 6.45) is 5.37. The molecule has 1 aromatic rings. The number of urea groups is 1. The molecular weight excluding hydrogens is 278 g/mol. The summed E-state index contributed by atoms with van der Waals surface area (Å²) in [6.45, 7) is 9.43. The first-order valence-electron chi connectivity index (χ1n) is 7.86. The second-order valence-corrected chi connectivity index (χ2v) is 7.63. The Hall–Kier alpha value is -1.56. The fraction of sp³-hybridized carbons (Fsp3) is 0.750. The summed E-state index contributed by atoms with van der Waals surface area (Å²) in [7, 11) is 3.96. The second-order valence-electron chi connectivity index (χ2n) is 7.63. The lowest BCUT2D eigenvalue weighted by Crippen LogP contribution is -2.63. The van der Waals surface area contributed by atoms with Crippen LogP contribution in [0.1, 0.15) is 46.4 Å². The number of aromatic nitrogens is 2.